The van der Waals surface area contributed by atoms with Gasteiger partial charge in [-0.2, -0.15) is 15.3 Å². The molecule has 5 nitrogen and oxygen atoms in total. The minimum atomic E-state index is 0.0182. The van der Waals surface area contributed by atoms with Gasteiger partial charge in [-0.15, -0.1) is 0 Å². The first-order valence-electron chi connectivity index (χ1n) is 6.58. The Labute approximate surface area is 112 Å². The summed E-state index contributed by atoms with van der Waals surface area (Å²) in [6, 6.07) is 3.99. The molecule has 2 heterocycles. The molecule has 0 amide bonds. The Balaban J connectivity index is 2.06. The van der Waals surface area contributed by atoms with Gasteiger partial charge in [-0.25, -0.2) is 0 Å². The zero-order valence-corrected chi connectivity index (χ0v) is 11.3. The number of rotatable bonds is 6. The van der Waals surface area contributed by atoms with Gasteiger partial charge in [0.1, 0.15) is 0 Å². The maximum absolute atomic E-state index is 12.0. The van der Waals surface area contributed by atoms with Gasteiger partial charge in [0, 0.05) is 11.8 Å². The summed E-state index contributed by atoms with van der Waals surface area (Å²) in [6.45, 7) is 4.28. The molecule has 0 spiro atoms. The van der Waals surface area contributed by atoms with Crippen LogP contribution < -0.4 is 0 Å². The summed E-state index contributed by atoms with van der Waals surface area (Å²) < 4.78 is 1.95. The minimum Gasteiger partial charge on any atom is -0.294 e. The lowest BCUT2D eigenvalue weighted by atomic mass is 10.1. The molecule has 0 radical (unpaired) electrons. The van der Waals surface area contributed by atoms with Crippen LogP contribution in [0.2, 0.25) is 0 Å². The largest absolute Gasteiger partial charge is 0.294 e. The first-order valence-corrected chi connectivity index (χ1v) is 6.58. The van der Waals surface area contributed by atoms with Crippen molar-refractivity contribution in [2.45, 2.75) is 39.2 Å². The van der Waals surface area contributed by atoms with Crippen LogP contribution in [0.3, 0.4) is 0 Å². The molecule has 0 aliphatic heterocycles. The number of carbonyl (C=O) groups excluding carboxylic acids is 1. The van der Waals surface area contributed by atoms with Gasteiger partial charge < -0.3 is 0 Å². The van der Waals surface area contributed by atoms with Gasteiger partial charge in [0.05, 0.1) is 30.6 Å². The minimum absolute atomic E-state index is 0.0182. The van der Waals surface area contributed by atoms with E-state index in [4.69, 9.17) is 0 Å². The number of nitrogens with zero attached hydrogens (tertiary/aromatic N) is 4. The van der Waals surface area contributed by atoms with Gasteiger partial charge in [0.15, 0.2) is 5.78 Å². The highest BCUT2D eigenvalue weighted by atomic mass is 16.1. The second kappa shape index (κ2) is 6.22. The lowest BCUT2D eigenvalue weighted by molar-refractivity contribution is 0.0991. The second-order valence-electron chi connectivity index (χ2n) is 4.49. The van der Waals surface area contributed by atoms with E-state index in [1.54, 1.807) is 6.07 Å². The van der Waals surface area contributed by atoms with Crippen molar-refractivity contribution in [1.82, 2.24) is 20.0 Å². The summed E-state index contributed by atoms with van der Waals surface area (Å²) in [5.41, 5.74) is 1.38. The van der Waals surface area contributed by atoms with Gasteiger partial charge in [-0.05, 0) is 25.0 Å². The topological polar surface area (TPSA) is 60.7 Å². The van der Waals surface area contributed by atoms with Gasteiger partial charge >= 0.3 is 0 Å². The molecule has 0 saturated carbocycles. The summed E-state index contributed by atoms with van der Waals surface area (Å²) in [4.78, 5) is 12.0. The normalized spacial score (nSPS) is 10.9. The number of hydrogen-bond donors (Lipinski definition) is 0. The maximum Gasteiger partial charge on any atom is 0.170 e. The Hall–Kier alpha value is -2.04. The van der Waals surface area contributed by atoms with Crippen LogP contribution in [-0.4, -0.2) is 25.8 Å². The molecule has 0 fully saturated rings. The van der Waals surface area contributed by atoms with Crippen molar-refractivity contribution in [1.29, 1.82) is 0 Å². The number of hydrogen-bond acceptors (Lipinski definition) is 4. The van der Waals surface area contributed by atoms with Gasteiger partial charge in [-0.3, -0.25) is 9.48 Å². The van der Waals surface area contributed by atoms with Gasteiger partial charge in [-0.1, -0.05) is 13.8 Å². The summed E-state index contributed by atoms with van der Waals surface area (Å²) >= 11 is 0. The Morgan fingerprint density at radius 2 is 2.05 bits per heavy atom. The zero-order valence-electron chi connectivity index (χ0n) is 11.3. The summed E-state index contributed by atoms with van der Waals surface area (Å²) in [7, 11) is 0. The highest BCUT2D eigenvalue weighted by Gasteiger charge is 2.12. The van der Waals surface area contributed by atoms with Crippen molar-refractivity contribution < 1.29 is 4.79 Å². The first kappa shape index (κ1) is 13.4. The third-order valence-corrected chi connectivity index (χ3v) is 3.23. The molecule has 0 atom stereocenters. The molecular weight excluding hydrogens is 240 g/mol. The Bertz CT molecular complexity index is 531. The highest BCUT2D eigenvalue weighted by molar-refractivity contribution is 5.96. The number of ketones is 1. The SMILES string of the molecule is CCC(CC)n1ccc(CC(=O)c2ccnnc2)n1. The van der Waals surface area contributed by atoms with E-state index < -0.39 is 0 Å². The lowest BCUT2D eigenvalue weighted by Crippen LogP contribution is -2.09. The molecule has 5 heteroatoms. The number of aromatic nitrogens is 4. The second-order valence-corrected chi connectivity index (χ2v) is 4.49. The molecule has 0 aromatic carbocycles. The molecule has 100 valence electrons. The summed E-state index contributed by atoms with van der Waals surface area (Å²) in [5, 5.41) is 11.9. The van der Waals surface area contributed by atoms with E-state index in [0.29, 0.717) is 18.0 Å². The Morgan fingerprint density at radius 3 is 2.68 bits per heavy atom. The van der Waals surface area contributed by atoms with Crippen molar-refractivity contribution in [3.8, 4) is 0 Å². The van der Waals surface area contributed by atoms with Crippen LogP contribution in [0.15, 0.2) is 30.7 Å². The highest BCUT2D eigenvalue weighted by Crippen LogP contribution is 2.15. The zero-order chi connectivity index (χ0) is 13.7. The fourth-order valence-corrected chi connectivity index (χ4v) is 2.06. The third-order valence-electron chi connectivity index (χ3n) is 3.23. The molecule has 0 N–H and O–H groups in total. The predicted octanol–water partition coefficient (Wildman–Crippen LogP) is 2.46. The fraction of sp³-hybridized carbons (Fsp3) is 0.429. The third kappa shape index (κ3) is 3.24. The Morgan fingerprint density at radius 1 is 1.26 bits per heavy atom. The van der Waals surface area contributed by atoms with Crippen molar-refractivity contribution in [2.24, 2.45) is 0 Å². The van der Waals surface area contributed by atoms with Crippen LogP contribution in [0, 0.1) is 0 Å². The molecule has 0 unspecified atom stereocenters. The number of Topliss-reactive ketones (excluding diaryl/α,β-unsaturated/α-hetero) is 1. The van der Waals surface area contributed by atoms with Crippen LogP contribution in [-0.2, 0) is 6.42 Å². The average molecular weight is 258 g/mol. The van der Waals surface area contributed by atoms with Crippen LogP contribution in [0.5, 0.6) is 0 Å². The van der Waals surface area contributed by atoms with Crippen LogP contribution >= 0.6 is 0 Å². The summed E-state index contributed by atoms with van der Waals surface area (Å²) in [5.74, 6) is 0.0182. The van der Waals surface area contributed by atoms with E-state index >= 15 is 0 Å². The number of carbonyl (C=O) groups is 1. The van der Waals surface area contributed by atoms with Gasteiger partial charge in [0.2, 0.25) is 0 Å². The van der Waals surface area contributed by atoms with Crippen LogP contribution in [0.25, 0.3) is 0 Å². The van der Waals surface area contributed by atoms with Gasteiger partial charge in [0.25, 0.3) is 0 Å². The lowest BCUT2D eigenvalue weighted by Gasteiger charge is -2.12. The van der Waals surface area contributed by atoms with E-state index in [1.807, 2.05) is 16.9 Å². The van der Waals surface area contributed by atoms with Crippen molar-refractivity contribution in [3.63, 3.8) is 0 Å². The monoisotopic (exact) mass is 258 g/mol. The van der Waals surface area contributed by atoms with E-state index in [0.717, 1.165) is 18.5 Å². The molecule has 2 aromatic heterocycles. The standard InChI is InChI=1S/C14H18N4O/c1-3-13(4-2)18-8-6-12(17-18)9-14(19)11-5-7-15-16-10-11/h5-8,10,13H,3-4,9H2,1-2H3. The smallest absolute Gasteiger partial charge is 0.170 e. The molecule has 0 aliphatic carbocycles. The molecule has 19 heavy (non-hydrogen) atoms. The fourth-order valence-electron chi connectivity index (χ4n) is 2.06. The van der Waals surface area contributed by atoms with Crippen LogP contribution in [0.1, 0.15) is 48.8 Å². The van der Waals surface area contributed by atoms with E-state index in [-0.39, 0.29) is 5.78 Å². The quantitative estimate of drug-likeness (QED) is 0.747. The Kier molecular flexibility index (Phi) is 4.39. The molecule has 0 bridgehead atoms. The van der Waals surface area contributed by atoms with E-state index in [9.17, 15) is 4.79 Å². The average Bonchev–Trinajstić information content (AvgIpc) is 2.89. The van der Waals surface area contributed by atoms with Crippen molar-refractivity contribution in [3.05, 3.63) is 42.0 Å². The molecule has 0 aliphatic rings. The van der Waals surface area contributed by atoms with Crippen LogP contribution in [0.4, 0.5) is 0 Å². The molecule has 2 aromatic rings. The molecule has 0 saturated heterocycles. The first-order chi connectivity index (χ1) is 9.24. The van der Waals surface area contributed by atoms with Crippen molar-refractivity contribution >= 4 is 5.78 Å². The van der Waals surface area contributed by atoms with E-state index in [2.05, 4.69) is 29.1 Å². The predicted molar refractivity (Wildman–Crippen MR) is 71.9 cm³/mol. The maximum atomic E-state index is 12.0. The van der Waals surface area contributed by atoms with Crippen molar-refractivity contribution in [2.75, 3.05) is 0 Å². The molecular formula is C14H18N4O. The summed E-state index contributed by atoms with van der Waals surface area (Å²) in [6.07, 6.45) is 7.35. The molecule has 2 rings (SSSR count). The van der Waals surface area contributed by atoms with E-state index in [1.165, 1.54) is 12.4 Å².